The molecule has 90 valence electrons. The Morgan fingerprint density at radius 1 is 1.47 bits per heavy atom. The number of anilines is 1. The van der Waals surface area contributed by atoms with Gasteiger partial charge < -0.3 is 5.32 Å². The molecule has 1 aromatic rings. The van der Waals surface area contributed by atoms with Crippen LogP contribution in [-0.2, 0) is 0 Å². The van der Waals surface area contributed by atoms with Crippen LogP contribution in [0.5, 0.6) is 0 Å². The molecule has 1 rings (SSSR count). The van der Waals surface area contributed by atoms with Gasteiger partial charge in [-0.3, -0.25) is 10.1 Å². The molecule has 0 radical (unpaired) electrons. The van der Waals surface area contributed by atoms with E-state index in [1.54, 1.807) is 6.07 Å². The first-order chi connectivity index (χ1) is 7.83. The lowest BCUT2D eigenvalue weighted by Crippen LogP contribution is -2.21. The fraction of sp³-hybridized carbons (Fsp3) is 0.222. The van der Waals surface area contributed by atoms with Crippen LogP contribution in [-0.4, -0.2) is 17.6 Å². The van der Waals surface area contributed by atoms with Crippen molar-refractivity contribution in [3.8, 4) is 6.07 Å². The third kappa shape index (κ3) is 3.64. The maximum Gasteiger partial charge on any atom is 0.405 e. The molecule has 0 saturated carbocycles. The highest BCUT2D eigenvalue weighted by Gasteiger charge is 2.28. The average Bonchev–Trinajstić information content (AvgIpc) is 2.24. The van der Waals surface area contributed by atoms with Gasteiger partial charge in [-0.2, -0.15) is 18.4 Å². The number of alkyl halides is 3. The van der Waals surface area contributed by atoms with Crippen molar-refractivity contribution in [1.82, 2.24) is 0 Å². The molecular formula is C9H6F3N3O2. The Balaban J connectivity index is 3.02. The van der Waals surface area contributed by atoms with E-state index >= 15 is 0 Å². The Morgan fingerprint density at radius 3 is 2.59 bits per heavy atom. The molecule has 0 aliphatic carbocycles. The summed E-state index contributed by atoms with van der Waals surface area (Å²) >= 11 is 0. The number of nitrogens with one attached hydrogen (secondary N) is 1. The molecule has 5 nitrogen and oxygen atoms in total. The standard InChI is InChI=1S/C9H6F3N3O2/c10-9(11,12)5-14-7-3-6(4-13)1-2-8(7)15(16)17/h1-3,14H,5H2. The van der Waals surface area contributed by atoms with E-state index in [4.69, 9.17) is 5.26 Å². The van der Waals surface area contributed by atoms with Gasteiger partial charge in [0.05, 0.1) is 16.6 Å². The van der Waals surface area contributed by atoms with Crippen LogP contribution in [0.1, 0.15) is 5.56 Å². The third-order valence-corrected chi connectivity index (χ3v) is 1.80. The highest BCUT2D eigenvalue weighted by atomic mass is 19.4. The minimum atomic E-state index is -4.49. The molecule has 0 aromatic heterocycles. The monoisotopic (exact) mass is 245 g/mol. The van der Waals surface area contributed by atoms with Gasteiger partial charge in [-0.25, -0.2) is 0 Å². The van der Waals surface area contributed by atoms with Crippen LogP contribution < -0.4 is 5.32 Å². The molecule has 0 bridgehead atoms. The Morgan fingerprint density at radius 2 is 2.12 bits per heavy atom. The Bertz CT molecular complexity index is 479. The van der Waals surface area contributed by atoms with Gasteiger partial charge in [0.2, 0.25) is 0 Å². The maximum atomic E-state index is 12.0. The van der Waals surface area contributed by atoms with Crippen molar-refractivity contribution in [2.24, 2.45) is 0 Å². The van der Waals surface area contributed by atoms with Gasteiger partial charge in [-0.15, -0.1) is 0 Å². The van der Waals surface area contributed by atoms with E-state index in [0.717, 1.165) is 18.2 Å². The van der Waals surface area contributed by atoms with Gasteiger partial charge in [0.25, 0.3) is 5.69 Å². The van der Waals surface area contributed by atoms with Crippen LogP contribution in [0.15, 0.2) is 18.2 Å². The Hall–Kier alpha value is -2.30. The van der Waals surface area contributed by atoms with Crippen LogP contribution in [0.4, 0.5) is 24.5 Å². The summed E-state index contributed by atoms with van der Waals surface area (Å²) in [6.07, 6.45) is -4.49. The molecule has 1 N–H and O–H groups in total. The Kier molecular flexibility index (Phi) is 3.52. The van der Waals surface area contributed by atoms with E-state index in [-0.39, 0.29) is 11.3 Å². The molecular weight excluding hydrogens is 239 g/mol. The molecule has 0 fully saturated rings. The van der Waals surface area contributed by atoms with Crippen LogP contribution >= 0.6 is 0 Å². The second kappa shape index (κ2) is 4.69. The number of hydrogen-bond acceptors (Lipinski definition) is 4. The SMILES string of the molecule is N#Cc1ccc([N+](=O)[O-])c(NCC(F)(F)F)c1. The van der Waals surface area contributed by atoms with E-state index in [2.05, 4.69) is 0 Å². The van der Waals surface area contributed by atoms with E-state index in [1.165, 1.54) is 0 Å². The molecule has 0 saturated heterocycles. The van der Waals surface area contributed by atoms with Crippen molar-refractivity contribution >= 4 is 11.4 Å². The molecule has 0 amide bonds. The molecule has 0 atom stereocenters. The predicted octanol–water partition coefficient (Wildman–Crippen LogP) is 2.44. The summed E-state index contributed by atoms with van der Waals surface area (Å²) in [7, 11) is 0. The summed E-state index contributed by atoms with van der Waals surface area (Å²) in [5, 5.41) is 21.0. The normalized spacial score (nSPS) is 10.7. The fourth-order valence-corrected chi connectivity index (χ4v) is 1.10. The van der Waals surface area contributed by atoms with Crippen molar-refractivity contribution in [2.45, 2.75) is 6.18 Å². The summed E-state index contributed by atoms with van der Waals surface area (Å²) in [5.41, 5.74) is -0.792. The number of benzene rings is 1. The van der Waals surface area contributed by atoms with Gasteiger partial charge in [-0.1, -0.05) is 0 Å². The van der Waals surface area contributed by atoms with Crippen LogP contribution in [0, 0.1) is 21.4 Å². The zero-order valence-corrected chi connectivity index (χ0v) is 8.28. The molecule has 1 aromatic carbocycles. The summed E-state index contributed by atoms with van der Waals surface area (Å²) < 4.78 is 35.9. The molecule has 0 spiro atoms. The smallest absolute Gasteiger partial charge is 0.371 e. The summed E-state index contributed by atoms with van der Waals surface area (Å²) in [6.45, 7) is -1.40. The number of halogens is 3. The minimum Gasteiger partial charge on any atom is -0.371 e. The Labute approximate surface area is 93.6 Å². The number of nitro groups is 1. The van der Waals surface area contributed by atoms with Gasteiger partial charge in [0, 0.05) is 6.07 Å². The zero-order valence-electron chi connectivity index (χ0n) is 8.28. The molecule has 17 heavy (non-hydrogen) atoms. The third-order valence-electron chi connectivity index (χ3n) is 1.80. The predicted molar refractivity (Wildman–Crippen MR) is 52.4 cm³/mol. The molecule has 0 aliphatic rings. The van der Waals surface area contributed by atoms with Gasteiger partial charge in [-0.05, 0) is 12.1 Å². The first kappa shape index (κ1) is 12.8. The van der Waals surface area contributed by atoms with E-state index in [9.17, 15) is 23.3 Å². The van der Waals surface area contributed by atoms with Crippen LogP contribution in [0.2, 0.25) is 0 Å². The van der Waals surface area contributed by atoms with Crippen molar-refractivity contribution < 1.29 is 18.1 Å². The van der Waals surface area contributed by atoms with Gasteiger partial charge in [0.15, 0.2) is 0 Å². The minimum absolute atomic E-state index is 0.0419. The lowest BCUT2D eigenvalue weighted by atomic mass is 10.2. The van der Waals surface area contributed by atoms with Crippen molar-refractivity contribution in [3.63, 3.8) is 0 Å². The summed E-state index contributed by atoms with van der Waals surface area (Å²) in [5.74, 6) is 0. The van der Waals surface area contributed by atoms with Gasteiger partial charge >= 0.3 is 6.18 Å². The highest BCUT2D eigenvalue weighted by Crippen LogP contribution is 2.26. The number of rotatable bonds is 3. The van der Waals surface area contributed by atoms with E-state index in [1.807, 2.05) is 5.32 Å². The van der Waals surface area contributed by atoms with Crippen LogP contribution in [0.3, 0.4) is 0 Å². The lowest BCUT2D eigenvalue weighted by Gasteiger charge is -2.09. The topological polar surface area (TPSA) is 79.0 Å². The van der Waals surface area contributed by atoms with Crippen molar-refractivity contribution in [1.29, 1.82) is 5.26 Å². The molecule has 8 heteroatoms. The summed E-state index contributed by atoms with van der Waals surface area (Å²) in [4.78, 5) is 9.73. The first-order valence-electron chi connectivity index (χ1n) is 4.32. The fourth-order valence-electron chi connectivity index (χ4n) is 1.10. The average molecular weight is 245 g/mol. The van der Waals surface area contributed by atoms with Crippen molar-refractivity contribution in [3.05, 3.63) is 33.9 Å². The highest BCUT2D eigenvalue weighted by molar-refractivity contribution is 5.64. The molecule has 0 heterocycles. The largest absolute Gasteiger partial charge is 0.405 e. The first-order valence-corrected chi connectivity index (χ1v) is 4.32. The molecule has 0 aliphatic heterocycles. The van der Waals surface area contributed by atoms with Crippen LogP contribution in [0.25, 0.3) is 0 Å². The lowest BCUT2D eigenvalue weighted by molar-refractivity contribution is -0.384. The van der Waals surface area contributed by atoms with Crippen molar-refractivity contribution in [2.75, 3.05) is 11.9 Å². The van der Waals surface area contributed by atoms with E-state index in [0.29, 0.717) is 0 Å². The second-order valence-corrected chi connectivity index (χ2v) is 3.07. The summed E-state index contributed by atoms with van der Waals surface area (Å²) in [6, 6.07) is 4.84. The maximum absolute atomic E-state index is 12.0. The number of nitro benzene ring substituents is 1. The molecule has 0 unspecified atom stereocenters. The number of hydrogen-bond donors (Lipinski definition) is 1. The quantitative estimate of drug-likeness (QED) is 0.655. The van der Waals surface area contributed by atoms with E-state index < -0.39 is 23.3 Å². The number of nitrogens with zero attached hydrogens (tertiary/aromatic N) is 2. The number of nitriles is 1. The van der Waals surface area contributed by atoms with Gasteiger partial charge in [0.1, 0.15) is 12.2 Å². The second-order valence-electron chi connectivity index (χ2n) is 3.07. The zero-order chi connectivity index (χ0) is 13.1.